The summed E-state index contributed by atoms with van der Waals surface area (Å²) in [7, 11) is -3.50. The van der Waals surface area contributed by atoms with Crippen LogP contribution in [0.1, 0.15) is 5.76 Å². The zero-order valence-electron chi connectivity index (χ0n) is 16.8. The molecule has 0 fully saturated rings. The molecule has 1 aromatic carbocycles. The second-order valence-electron chi connectivity index (χ2n) is 6.28. The predicted octanol–water partition coefficient (Wildman–Crippen LogP) is 3.97. The van der Waals surface area contributed by atoms with Gasteiger partial charge < -0.3 is 14.9 Å². The van der Waals surface area contributed by atoms with Gasteiger partial charge in [-0.25, -0.2) is 8.42 Å². The molecule has 0 aliphatic carbocycles. The van der Waals surface area contributed by atoms with Crippen molar-refractivity contribution in [3.05, 3.63) is 52.9 Å². The second-order valence-corrected chi connectivity index (χ2v) is 9.48. The third-order valence-electron chi connectivity index (χ3n) is 3.84. The number of carbonyl (C=O) groups excluding carboxylic acids is 1. The first-order chi connectivity index (χ1) is 14.8. The number of aliphatic imine (C=N–C) groups is 1. The molecule has 1 aromatic heterocycles. The van der Waals surface area contributed by atoms with Gasteiger partial charge in [0.2, 0.25) is 0 Å². The van der Waals surface area contributed by atoms with Crippen LogP contribution in [0.3, 0.4) is 0 Å². The molecule has 13 heteroatoms. The van der Waals surface area contributed by atoms with Crippen molar-refractivity contribution in [2.45, 2.75) is 11.1 Å². The van der Waals surface area contributed by atoms with Gasteiger partial charge in [-0.15, -0.1) is 11.8 Å². The molecule has 0 atom stereocenters. The molecular formula is C19H18ClF3N2O5S2. The molecule has 0 saturated carbocycles. The van der Waals surface area contributed by atoms with Crippen molar-refractivity contribution in [1.29, 1.82) is 0 Å². The highest BCUT2D eigenvalue weighted by Crippen LogP contribution is 2.30. The molecule has 0 spiro atoms. The fourth-order valence-electron chi connectivity index (χ4n) is 2.32. The van der Waals surface area contributed by atoms with Crippen molar-refractivity contribution in [2.24, 2.45) is 10.7 Å². The zero-order valence-corrected chi connectivity index (χ0v) is 19.2. The number of benzene rings is 1. The summed E-state index contributed by atoms with van der Waals surface area (Å²) in [6.45, 7) is -0.628. The van der Waals surface area contributed by atoms with E-state index in [0.29, 0.717) is 5.56 Å². The standard InChI is InChI=1S/C19H18ClF3N2O5S2/c1-31-10-29-15(26)9-25-17(16(20)18(24)19(21,22)23)14-7-6-13(30-14)11-4-3-5-12(8-11)32(2,27)28/h3-8H,9-10,24H2,1-2H3/b18-16+,25-17?. The number of nitrogens with zero attached hydrogens (tertiary/aromatic N) is 1. The number of ether oxygens (including phenoxy) is 1. The van der Waals surface area contributed by atoms with E-state index in [0.717, 1.165) is 6.26 Å². The van der Waals surface area contributed by atoms with E-state index in [4.69, 9.17) is 26.5 Å². The van der Waals surface area contributed by atoms with Gasteiger partial charge in [0.1, 0.15) is 29.7 Å². The maximum absolute atomic E-state index is 13.1. The maximum Gasteiger partial charge on any atom is 0.432 e. The monoisotopic (exact) mass is 510 g/mol. The number of esters is 1. The Bertz CT molecular complexity index is 1160. The van der Waals surface area contributed by atoms with Crippen molar-refractivity contribution in [3.8, 4) is 11.3 Å². The molecule has 0 saturated heterocycles. The highest BCUT2D eigenvalue weighted by atomic mass is 35.5. The van der Waals surface area contributed by atoms with Crippen LogP contribution in [-0.2, 0) is 19.4 Å². The fourth-order valence-corrected chi connectivity index (χ4v) is 3.50. The SMILES string of the molecule is CSCOC(=O)CN=C(/C(Cl)=C(\N)C(F)(F)F)c1ccc(-c2cccc(S(C)(=O)=O)c2)o1. The summed E-state index contributed by atoms with van der Waals surface area (Å²) < 4.78 is 73.1. The van der Waals surface area contributed by atoms with Crippen LogP contribution in [0.25, 0.3) is 11.3 Å². The minimum atomic E-state index is -4.95. The molecule has 0 bridgehead atoms. The minimum Gasteiger partial charge on any atom is -0.454 e. The molecule has 0 aliphatic rings. The Hall–Kier alpha value is -2.44. The Kier molecular flexibility index (Phi) is 8.43. The lowest BCUT2D eigenvalue weighted by Gasteiger charge is -2.11. The summed E-state index contributed by atoms with van der Waals surface area (Å²) in [5.41, 5.74) is 3.34. The van der Waals surface area contributed by atoms with Gasteiger partial charge in [-0.1, -0.05) is 23.7 Å². The molecule has 0 amide bonds. The van der Waals surface area contributed by atoms with Crippen LogP contribution >= 0.6 is 23.4 Å². The van der Waals surface area contributed by atoms with E-state index < -0.39 is 45.0 Å². The number of hydrogen-bond donors (Lipinski definition) is 1. The minimum absolute atomic E-state index is 0.0256. The number of furan rings is 1. The van der Waals surface area contributed by atoms with Gasteiger partial charge in [0.25, 0.3) is 0 Å². The summed E-state index contributed by atoms with van der Waals surface area (Å²) >= 11 is 7.07. The first kappa shape index (κ1) is 25.8. The number of allylic oxidation sites excluding steroid dienone is 2. The van der Waals surface area contributed by atoms with E-state index in [1.54, 1.807) is 12.3 Å². The van der Waals surface area contributed by atoms with Gasteiger partial charge in [-0.2, -0.15) is 13.2 Å². The smallest absolute Gasteiger partial charge is 0.432 e. The van der Waals surface area contributed by atoms with E-state index in [9.17, 15) is 26.4 Å². The quantitative estimate of drug-likeness (QED) is 0.325. The van der Waals surface area contributed by atoms with E-state index in [1.165, 1.54) is 42.1 Å². The van der Waals surface area contributed by atoms with Crippen LogP contribution in [0.4, 0.5) is 13.2 Å². The third kappa shape index (κ3) is 6.78. The highest BCUT2D eigenvalue weighted by Gasteiger charge is 2.36. The van der Waals surface area contributed by atoms with E-state index >= 15 is 0 Å². The summed E-state index contributed by atoms with van der Waals surface area (Å²) in [6, 6.07) is 8.44. The topological polar surface area (TPSA) is 112 Å². The summed E-state index contributed by atoms with van der Waals surface area (Å²) in [5.74, 6) is -0.822. The average Bonchev–Trinajstić information content (AvgIpc) is 3.20. The molecule has 1 heterocycles. The number of hydrogen-bond acceptors (Lipinski definition) is 8. The van der Waals surface area contributed by atoms with Crippen LogP contribution in [0.15, 0.2) is 61.4 Å². The molecule has 0 aliphatic heterocycles. The Morgan fingerprint density at radius 2 is 1.97 bits per heavy atom. The molecule has 2 rings (SSSR count). The number of thioether (sulfide) groups is 1. The number of sulfone groups is 1. The Balaban J connectivity index is 2.50. The van der Waals surface area contributed by atoms with Crippen LogP contribution in [0.5, 0.6) is 0 Å². The van der Waals surface area contributed by atoms with E-state index in [-0.39, 0.29) is 22.4 Å². The van der Waals surface area contributed by atoms with Crippen LogP contribution in [0, 0.1) is 0 Å². The molecule has 32 heavy (non-hydrogen) atoms. The van der Waals surface area contributed by atoms with Crippen LogP contribution in [-0.4, -0.2) is 51.3 Å². The van der Waals surface area contributed by atoms with Gasteiger partial charge in [-0.05, 0) is 30.5 Å². The van der Waals surface area contributed by atoms with E-state index in [1.807, 2.05) is 0 Å². The molecule has 0 radical (unpaired) electrons. The molecule has 0 unspecified atom stereocenters. The molecule has 174 valence electrons. The summed E-state index contributed by atoms with van der Waals surface area (Å²) in [5, 5.41) is -0.957. The second kappa shape index (κ2) is 10.5. The molecule has 2 N–H and O–H groups in total. The number of rotatable bonds is 8. The summed E-state index contributed by atoms with van der Waals surface area (Å²) in [6.07, 6.45) is -2.23. The largest absolute Gasteiger partial charge is 0.454 e. The molecule has 2 aromatic rings. The Labute approximate surface area is 191 Å². The predicted molar refractivity (Wildman–Crippen MR) is 116 cm³/mol. The lowest BCUT2D eigenvalue weighted by atomic mass is 10.2. The van der Waals surface area contributed by atoms with E-state index in [2.05, 4.69) is 4.99 Å². The van der Waals surface area contributed by atoms with Gasteiger partial charge in [0.05, 0.1) is 9.93 Å². The van der Waals surface area contributed by atoms with Gasteiger partial charge in [0.15, 0.2) is 15.6 Å². The van der Waals surface area contributed by atoms with Gasteiger partial charge in [0, 0.05) is 11.8 Å². The van der Waals surface area contributed by atoms with Crippen molar-refractivity contribution >= 4 is 44.9 Å². The van der Waals surface area contributed by atoms with Crippen LogP contribution in [0.2, 0.25) is 0 Å². The van der Waals surface area contributed by atoms with Crippen molar-refractivity contribution in [2.75, 3.05) is 25.0 Å². The van der Waals surface area contributed by atoms with Crippen molar-refractivity contribution in [1.82, 2.24) is 0 Å². The third-order valence-corrected chi connectivity index (χ3v) is 5.69. The highest BCUT2D eigenvalue weighted by molar-refractivity contribution is 7.98. The van der Waals surface area contributed by atoms with Gasteiger partial charge >= 0.3 is 12.1 Å². The first-order valence-electron chi connectivity index (χ1n) is 8.67. The number of nitrogens with two attached hydrogens (primary N) is 1. The lowest BCUT2D eigenvalue weighted by Crippen LogP contribution is -2.23. The number of carbonyl (C=O) groups is 1. The molecular weight excluding hydrogens is 493 g/mol. The zero-order chi connectivity index (χ0) is 24.1. The number of alkyl halides is 3. The van der Waals surface area contributed by atoms with Gasteiger partial charge in [-0.3, -0.25) is 9.79 Å². The summed E-state index contributed by atoms with van der Waals surface area (Å²) in [4.78, 5) is 15.6. The Morgan fingerprint density at radius 3 is 2.56 bits per heavy atom. The average molecular weight is 511 g/mol. The van der Waals surface area contributed by atoms with Crippen molar-refractivity contribution in [3.63, 3.8) is 0 Å². The van der Waals surface area contributed by atoms with Crippen LogP contribution < -0.4 is 5.73 Å². The number of halogens is 4. The Morgan fingerprint density at radius 1 is 1.28 bits per heavy atom. The fraction of sp³-hybridized carbons (Fsp3) is 0.263. The molecule has 7 nitrogen and oxygen atoms in total. The van der Waals surface area contributed by atoms with Crippen molar-refractivity contribution < 1.29 is 35.5 Å². The normalized spacial score (nSPS) is 13.6. The lowest BCUT2D eigenvalue weighted by molar-refractivity contribution is -0.139. The first-order valence-corrected chi connectivity index (χ1v) is 12.3. The maximum atomic E-state index is 13.1.